The van der Waals surface area contributed by atoms with E-state index in [-0.39, 0.29) is 6.42 Å². The third-order valence-corrected chi connectivity index (χ3v) is 1.74. The number of amides is 1. The van der Waals surface area contributed by atoms with E-state index in [0.717, 1.165) is 0 Å². The first-order valence-corrected chi connectivity index (χ1v) is 4.29. The van der Waals surface area contributed by atoms with Crippen LogP contribution in [0, 0.1) is 11.8 Å². The Morgan fingerprint density at radius 3 is 2.86 bits per heavy atom. The highest BCUT2D eigenvalue weighted by Gasteiger charge is 1.96. The first-order valence-electron chi connectivity index (χ1n) is 3.92. The normalized spacial score (nSPS) is 8.93. The van der Waals surface area contributed by atoms with Gasteiger partial charge in [-0.05, 0) is 18.2 Å². The summed E-state index contributed by atoms with van der Waals surface area (Å²) in [7, 11) is 0. The maximum absolute atomic E-state index is 10.4. The predicted octanol–water partition coefficient (Wildman–Crippen LogP) is 1.15. The van der Waals surface area contributed by atoms with E-state index in [1.54, 1.807) is 18.2 Å². The Morgan fingerprint density at radius 1 is 1.50 bits per heavy atom. The van der Waals surface area contributed by atoms with Crippen LogP contribution in [0.15, 0.2) is 18.2 Å². The Morgan fingerprint density at radius 2 is 2.21 bits per heavy atom. The molecule has 1 aromatic carbocycles. The third kappa shape index (κ3) is 3.00. The lowest BCUT2D eigenvalue weighted by atomic mass is 10.2. The zero-order valence-corrected chi connectivity index (χ0v) is 8.14. The summed E-state index contributed by atoms with van der Waals surface area (Å²) in [4.78, 5) is 10.4. The molecule has 1 aromatic rings. The molecule has 0 radical (unpaired) electrons. The number of anilines is 1. The van der Waals surface area contributed by atoms with E-state index in [0.29, 0.717) is 16.3 Å². The largest absolute Gasteiger partial charge is 0.398 e. The van der Waals surface area contributed by atoms with Crippen molar-refractivity contribution in [2.75, 3.05) is 5.73 Å². The van der Waals surface area contributed by atoms with Crippen LogP contribution in [0.4, 0.5) is 5.69 Å². The number of carbonyl (C=O) groups excluding carboxylic acids is 1. The summed E-state index contributed by atoms with van der Waals surface area (Å²) < 4.78 is 0. The molecule has 1 rings (SSSR count). The average molecular weight is 209 g/mol. The smallest absolute Gasteiger partial charge is 0.229 e. The molecule has 72 valence electrons. The van der Waals surface area contributed by atoms with Crippen molar-refractivity contribution in [1.82, 2.24) is 0 Å². The number of nitrogen functional groups attached to an aromatic ring is 1. The third-order valence-electron chi connectivity index (χ3n) is 1.50. The Hall–Kier alpha value is -1.66. The molecule has 0 aromatic heterocycles. The van der Waals surface area contributed by atoms with Crippen LogP contribution >= 0.6 is 11.6 Å². The number of nitrogens with two attached hydrogens (primary N) is 2. The van der Waals surface area contributed by atoms with Crippen molar-refractivity contribution in [3.8, 4) is 11.8 Å². The van der Waals surface area contributed by atoms with Crippen molar-refractivity contribution in [2.24, 2.45) is 5.73 Å². The SMILES string of the molecule is NC(=O)CC#Cc1cc(Cl)ccc1N. The lowest BCUT2D eigenvalue weighted by Gasteiger charge is -1.97. The fraction of sp³-hybridized carbons (Fsp3) is 0.100. The monoisotopic (exact) mass is 208 g/mol. The fourth-order valence-electron chi connectivity index (χ4n) is 0.863. The van der Waals surface area contributed by atoms with Gasteiger partial charge in [-0.1, -0.05) is 23.4 Å². The maximum atomic E-state index is 10.4. The molecule has 0 aliphatic heterocycles. The molecule has 0 aliphatic carbocycles. The van der Waals surface area contributed by atoms with E-state index in [1.165, 1.54) is 0 Å². The van der Waals surface area contributed by atoms with Crippen LogP contribution in [0.2, 0.25) is 5.02 Å². The molecule has 0 unspecified atom stereocenters. The molecule has 1 amide bonds. The lowest BCUT2D eigenvalue weighted by molar-refractivity contribution is -0.117. The number of primary amides is 1. The van der Waals surface area contributed by atoms with Gasteiger partial charge in [-0.25, -0.2) is 0 Å². The summed E-state index contributed by atoms with van der Waals surface area (Å²) in [5, 5.41) is 0.558. The van der Waals surface area contributed by atoms with Gasteiger partial charge in [0.15, 0.2) is 0 Å². The summed E-state index contributed by atoms with van der Waals surface area (Å²) in [6.45, 7) is 0. The second-order valence-corrected chi connectivity index (χ2v) is 3.11. The number of halogens is 1. The average Bonchev–Trinajstić information content (AvgIpc) is 2.10. The minimum Gasteiger partial charge on any atom is -0.398 e. The van der Waals surface area contributed by atoms with Gasteiger partial charge in [-0.3, -0.25) is 4.79 Å². The van der Waals surface area contributed by atoms with E-state index in [1.807, 2.05) is 0 Å². The second kappa shape index (κ2) is 4.54. The van der Waals surface area contributed by atoms with E-state index in [2.05, 4.69) is 11.8 Å². The molecule has 0 saturated heterocycles. The number of hydrogen-bond donors (Lipinski definition) is 2. The van der Waals surface area contributed by atoms with Crippen LogP contribution in [0.25, 0.3) is 0 Å². The molecular formula is C10H9ClN2O. The van der Waals surface area contributed by atoms with Gasteiger partial charge in [-0.2, -0.15) is 0 Å². The van der Waals surface area contributed by atoms with Crippen LogP contribution in [-0.4, -0.2) is 5.91 Å². The summed E-state index contributed by atoms with van der Waals surface area (Å²) in [5.74, 6) is 4.87. The van der Waals surface area contributed by atoms with Gasteiger partial charge in [0, 0.05) is 16.3 Å². The first-order chi connectivity index (χ1) is 6.59. The van der Waals surface area contributed by atoms with E-state index < -0.39 is 5.91 Å². The number of rotatable bonds is 1. The molecule has 4 heteroatoms. The Bertz CT molecular complexity index is 418. The van der Waals surface area contributed by atoms with Gasteiger partial charge in [-0.15, -0.1) is 0 Å². The van der Waals surface area contributed by atoms with Gasteiger partial charge in [0.05, 0.1) is 6.42 Å². The van der Waals surface area contributed by atoms with Gasteiger partial charge in [0.2, 0.25) is 5.91 Å². The number of benzene rings is 1. The molecular weight excluding hydrogens is 200 g/mol. The van der Waals surface area contributed by atoms with Crippen LogP contribution in [0.1, 0.15) is 12.0 Å². The Labute approximate surface area is 87.0 Å². The quantitative estimate of drug-likeness (QED) is 0.537. The van der Waals surface area contributed by atoms with Crippen molar-refractivity contribution in [1.29, 1.82) is 0 Å². The molecule has 14 heavy (non-hydrogen) atoms. The van der Waals surface area contributed by atoms with Crippen molar-refractivity contribution in [3.05, 3.63) is 28.8 Å². The summed E-state index contributed by atoms with van der Waals surface area (Å²) in [6, 6.07) is 4.98. The molecule has 0 spiro atoms. The molecule has 0 bridgehead atoms. The first kappa shape index (κ1) is 10.4. The highest BCUT2D eigenvalue weighted by molar-refractivity contribution is 6.30. The van der Waals surface area contributed by atoms with Gasteiger partial charge in [0.1, 0.15) is 0 Å². The van der Waals surface area contributed by atoms with Crippen molar-refractivity contribution >= 4 is 23.2 Å². The lowest BCUT2D eigenvalue weighted by Crippen LogP contribution is -2.08. The standard InChI is InChI=1S/C10H9ClN2O/c11-8-4-5-9(12)7(6-8)2-1-3-10(13)14/h4-6H,3,12H2,(H2,13,14). The zero-order valence-electron chi connectivity index (χ0n) is 7.38. The van der Waals surface area contributed by atoms with Crippen LogP contribution < -0.4 is 11.5 Å². The van der Waals surface area contributed by atoms with Crippen molar-refractivity contribution in [2.45, 2.75) is 6.42 Å². The number of carbonyl (C=O) groups is 1. The zero-order chi connectivity index (χ0) is 10.6. The van der Waals surface area contributed by atoms with E-state index >= 15 is 0 Å². The van der Waals surface area contributed by atoms with Gasteiger partial charge >= 0.3 is 0 Å². The van der Waals surface area contributed by atoms with Crippen LogP contribution in [0.3, 0.4) is 0 Å². The van der Waals surface area contributed by atoms with Gasteiger partial charge in [0.25, 0.3) is 0 Å². The molecule has 0 fully saturated rings. The second-order valence-electron chi connectivity index (χ2n) is 2.68. The molecule has 0 atom stereocenters. The molecule has 0 saturated carbocycles. The maximum Gasteiger partial charge on any atom is 0.229 e. The van der Waals surface area contributed by atoms with Crippen molar-refractivity contribution < 1.29 is 4.79 Å². The highest BCUT2D eigenvalue weighted by atomic mass is 35.5. The van der Waals surface area contributed by atoms with Crippen LogP contribution in [-0.2, 0) is 4.79 Å². The number of hydrogen-bond acceptors (Lipinski definition) is 2. The fourth-order valence-corrected chi connectivity index (χ4v) is 1.04. The van der Waals surface area contributed by atoms with Gasteiger partial charge < -0.3 is 11.5 Å². The molecule has 0 aliphatic rings. The minimum absolute atomic E-state index is 0.0198. The molecule has 0 heterocycles. The predicted molar refractivity (Wildman–Crippen MR) is 56.6 cm³/mol. The topological polar surface area (TPSA) is 69.1 Å². The Balaban J connectivity index is 2.88. The van der Waals surface area contributed by atoms with Crippen LogP contribution in [0.5, 0.6) is 0 Å². The summed E-state index contributed by atoms with van der Waals surface area (Å²) in [5.41, 5.74) is 11.7. The van der Waals surface area contributed by atoms with E-state index in [9.17, 15) is 4.79 Å². The summed E-state index contributed by atoms with van der Waals surface area (Å²) >= 11 is 5.74. The minimum atomic E-state index is -0.460. The molecule has 4 N–H and O–H groups in total. The van der Waals surface area contributed by atoms with E-state index in [4.69, 9.17) is 23.1 Å². The Kier molecular flexibility index (Phi) is 3.38. The summed E-state index contributed by atoms with van der Waals surface area (Å²) in [6.07, 6.45) is 0.0198. The highest BCUT2D eigenvalue weighted by Crippen LogP contribution is 2.16. The molecule has 3 nitrogen and oxygen atoms in total. The van der Waals surface area contributed by atoms with Crippen molar-refractivity contribution in [3.63, 3.8) is 0 Å².